The van der Waals surface area contributed by atoms with Gasteiger partial charge in [-0.3, -0.25) is 4.98 Å². The highest BCUT2D eigenvalue weighted by molar-refractivity contribution is 7.90. The quantitative estimate of drug-likeness (QED) is 0.399. The maximum absolute atomic E-state index is 11.9. The van der Waals surface area contributed by atoms with Crippen molar-refractivity contribution >= 4 is 20.7 Å². The summed E-state index contributed by atoms with van der Waals surface area (Å²) in [5.74, 6) is 0.642. The number of piperidine rings is 1. The zero-order valence-corrected chi connectivity index (χ0v) is 20.8. The van der Waals surface area contributed by atoms with E-state index in [-0.39, 0.29) is 4.90 Å². The second-order valence-electron chi connectivity index (χ2n) is 9.48. The number of nitrogens with zero attached hydrogens (tertiary/aromatic N) is 4. The Hall–Kier alpha value is -3.47. The summed E-state index contributed by atoms with van der Waals surface area (Å²) in [5.41, 5.74) is 5.29. The molecule has 1 aliphatic rings. The monoisotopic (exact) mass is 484 g/mol. The maximum atomic E-state index is 11.9. The van der Waals surface area contributed by atoms with E-state index in [2.05, 4.69) is 34.8 Å². The molecule has 6 nitrogen and oxygen atoms in total. The smallest absolute Gasteiger partial charge is 0.175 e. The van der Waals surface area contributed by atoms with Crippen LogP contribution < -0.4 is 0 Å². The molecular formula is C28H28N4O2S. The standard InChI is InChI=1S/C28H28N4O2S/c1-31-14-11-21(12-15-31)19-32-16-13-25-26(32)18-30-28(23-7-9-24(10-8-23)35(2,33)34)27(25)22-5-3-20(17-29)4-6-22/h3-10,13,16,18,21H,11-12,14-15,19H2,1-2H3. The Morgan fingerprint density at radius 2 is 1.66 bits per heavy atom. The first-order valence-corrected chi connectivity index (χ1v) is 13.7. The average molecular weight is 485 g/mol. The minimum atomic E-state index is -3.28. The molecule has 3 heterocycles. The summed E-state index contributed by atoms with van der Waals surface area (Å²) in [6.07, 6.45) is 7.67. The van der Waals surface area contributed by atoms with E-state index < -0.39 is 9.84 Å². The zero-order chi connectivity index (χ0) is 24.6. The number of likely N-dealkylation sites (tertiary alicyclic amines) is 1. The molecule has 0 N–H and O–H groups in total. The van der Waals surface area contributed by atoms with Gasteiger partial charge in [0.2, 0.25) is 0 Å². The first-order valence-electron chi connectivity index (χ1n) is 11.8. The van der Waals surface area contributed by atoms with Crippen molar-refractivity contribution in [3.05, 3.63) is 72.6 Å². The van der Waals surface area contributed by atoms with E-state index in [1.165, 1.54) is 19.1 Å². The van der Waals surface area contributed by atoms with Crippen molar-refractivity contribution in [1.82, 2.24) is 14.5 Å². The maximum Gasteiger partial charge on any atom is 0.175 e. The third kappa shape index (κ3) is 4.72. The highest BCUT2D eigenvalue weighted by atomic mass is 32.2. The number of pyridine rings is 1. The van der Waals surface area contributed by atoms with Crippen molar-refractivity contribution in [3.8, 4) is 28.5 Å². The molecule has 1 saturated heterocycles. The number of nitriles is 1. The Bertz CT molecular complexity index is 1510. The van der Waals surface area contributed by atoms with Gasteiger partial charge >= 0.3 is 0 Å². The topological polar surface area (TPSA) is 79.0 Å². The molecule has 0 spiro atoms. The van der Waals surface area contributed by atoms with Gasteiger partial charge in [-0.15, -0.1) is 0 Å². The van der Waals surface area contributed by atoms with Gasteiger partial charge in [0.1, 0.15) is 0 Å². The minimum absolute atomic E-state index is 0.284. The van der Waals surface area contributed by atoms with Crippen LogP contribution in [0.2, 0.25) is 0 Å². The Morgan fingerprint density at radius 1 is 1.00 bits per heavy atom. The molecule has 0 bridgehead atoms. The number of sulfone groups is 1. The molecule has 0 unspecified atom stereocenters. The Balaban J connectivity index is 1.62. The van der Waals surface area contributed by atoms with Crippen molar-refractivity contribution < 1.29 is 8.42 Å². The van der Waals surface area contributed by atoms with Gasteiger partial charge in [0, 0.05) is 35.5 Å². The molecule has 0 saturated carbocycles. The van der Waals surface area contributed by atoms with E-state index in [1.54, 1.807) is 12.1 Å². The van der Waals surface area contributed by atoms with Crippen molar-refractivity contribution in [2.24, 2.45) is 5.92 Å². The highest BCUT2D eigenvalue weighted by Gasteiger charge is 2.20. The van der Waals surface area contributed by atoms with Gasteiger partial charge < -0.3 is 9.47 Å². The Labute approximate surface area is 206 Å². The molecule has 7 heteroatoms. The fourth-order valence-electron chi connectivity index (χ4n) is 4.92. The van der Waals surface area contributed by atoms with Gasteiger partial charge in [-0.1, -0.05) is 24.3 Å². The van der Waals surface area contributed by atoms with Crippen LogP contribution in [0.4, 0.5) is 0 Å². The summed E-state index contributed by atoms with van der Waals surface area (Å²) in [7, 11) is -1.10. The molecular weight excluding hydrogens is 456 g/mol. The van der Waals surface area contributed by atoms with Crippen LogP contribution in [-0.2, 0) is 16.4 Å². The highest BCUT2D eigenvalue weighted by Crippen LogP contribution is 2.38. The predicted octanol–water partition coefficient (Wildman–Crippen LogP) is 4.99. The van der Waals surface area contributed by atoms with Crippen LogP contribution in [0.3, 0.4) is 0 Å². The van der Waals surface area contributed by atoms with E-state index in [9.17, 15) is 13.7 Å². The third-order valence-electron chi connectivity index (χ3n) is 6.98. The molecule has 178 valence electrons. The summed E-state index contributed by atoms with van der Waals surface area (Å²) in [4.78, 5) is 7.55. The molecule has 1 aliphatic heterocycles. The number of aromatic nitrogens is 2. The van der Waals surface area contributed by atoms with Gasteiger partial charge in [0.15, 0.2) is 9.84 Å². The summed E-state index contributed by atoms with van der Waals surface area (Å²) in [5, 5.41) is 10.3. The number of rotatable bonds is 5. The van der Waals surface area contributed by atoms with Crippen LogP contribution in [0, 0.1) is 17.2 Å². The molecule has 0 aliphatic carbocycles. The molecule has 4 aromatic rings. The molecule has 2 aromatic carbocycles. The zero-order valence-electron chi connectivity index (χ0n) is 20.0. The fourth-order valence-corrected chi connectivity index (χ4v) is 5.55. The number of benzene rings is 2. The van der Waals surface area contributed by atoms with Crippen molar-refractivity contribution in [3.63, 3.8) is 0 Å². The Kier molecular flexibility index (Phi) is 6.18. The van der Waals surface area contributed by atoms with E-state index in [1.807, 2.05) is 42.6 Å². The summed E-state index contributed by atoms with van der Waals surface area (Å²) in [6, 6.07) is 18.8. The van der Waals surface area contributed by atoms with Gasteiger partial charge in [-0.25, -0.2) is 8.42 Å². The number of hydrogen-bond donors (Lipinski definition) is 0. The van der Waals surface area contributed by atoms with Gasteiger partial charge in [-0.2, -0.15) is 5.26 Å². The SMILES string of the molecule is CN1CCC(Cn2ccc3c(-c4ccc(C#N)cc4)c(-c4ccc(S(C)(=O)=O)cc4)ncc32)CC1. The second-order valence-corrected chi connectivity index (χ2v) is 11.5. The molecule has 35 heavy (non-hydrogen) atoms. The lowest BCUT2D eigenvalue weighted by Gasteiger charge is -2.29. The predicted molar refractivity (Wildman–Crippen MR) is 139 cm³/mol. The van der Waals surface area contributed by atoms with E-state index in [0.29, 0.717) is 11.5 Å². The van der Waals surface area contributed by atoms with Gasteiger partial charge in [0.25, 0.3) is 0 Å². The fraction of sp³-hybridized carbons (Fsp3) is 0.286. The van der Waals surface area contributed by atoms with E-state index in [4.69, 9.17) is 4.98 Å². The average Bonchev–Trinajstić information content (AvgIpc) is 3.27. The van der Waals surface area contributed by atoms with Crippen molar-refractivity contribution in [2.45, 2.75) is 24.3 Å². The van der Waals surface area contributed by atoms with Crippen LogP contribution in [0.15, 0.2) is 71.9 Å². The second kappa shape index (κ2) is 9.29. The molecule has 2 aromatic heterocycles. The summed E-state index contributed by atoms with van der Waals surface area (Å²) >= 11 is 0. The minimum Gasteiger partial charge on any atom is -0.346 e. The normalized spacial score (nSPS) is 15.3. The van der Waals surface area contributed by atoms with Crippen LogP contribution in [0.5, 0.6) is 0 Å². The van der Waals surface area contributed by atoms with E-state index >= 15 is 0 Å². The summed E-state index contributed by atoms with van der Waals surface area (Å²) < 4.78 is 26.2. The first kappa shape index (κ1) is 23.3. The van der Waals surface area contributed by atoms with Crippen LogP contribution >= 0.6 is 0 Å². The van der Waals surface area contributed by atoms with Crippen LogP contribution in [0.25, 0.3) is 33.3 Å². The Morgan fingerprint density at radius 3 is 2.29 bits per heavy atom. The lowest BCUT2D eigenvalue weighted by molar-refractivity contribution is 0.206. The summed E-state index contributed by atoms with van der Waals surface area (Å²) in [6.45, 7) is 3.23. The third-order valence-corrected chi connectivity index (χ3v) is 8.11. The molecule has 0 radical (unpaired) electrons. The number of hydrogen-bond acceptors (Lipinski definition) is 5. The van der Waals surface area contributed by atoms with Gasteiger partial charge in [-0.05, 0) is 74.8 Å². The molecule has 0 atom stereocenters. The van der Waals surface area contributed by atoms with Crippen molar-refractivity contribution in [2.75, 3.05) is 26.4 Å². The van der Waals surface area contributed by atoms with Gasteiger partial charge in [0.05, 0.1) is 33.9 Å². The lowest BCUT2D eigenvalue weighted by atomic mass is 9.95. The lowest BCUT2D eigenvalue weighted by Crippen LogP contribution is -2.31. The van der Waals surface area contributed by atoms with Crippen molar-refractivity contribution in [1.29, 1.82) is 5.26 Å². The largest absolute Gasteiger partial charge is 0.346 e. The van der Waals surface area contributed by atoms with Crippen LogP contribution in [0.1, 0.15) is 18.4 Å². The number of fused-ring (bicyclic) bond motifs is 1. The molecule has 1 fully saturated rings. The van der Waals surface area contributed by atoms with Crippen LogP contribution in [-0.4, -0.2) is 49.3 Å². The molecule has 5 rings (SSSR count). The van der Waals surface area contributed by atoms with E-state index in [0.717, 1.165) is 52.9 Å². The first-order chi connectivity index (χ1) is 16.8. The molecule has 0 amide bonds.